The van der Waals surface area contributed by atoms with Crippen LogP contribution >= 0.6 is 11.6 Å². The first-order chi connectivity index (χ1) is 10.5. The molecule has 122 valence electrons. The van der Waals surface area contributed by atoms with Crippen LogP contribution in [0.3, 0.4) is 0 Å². The Kier molecular flexibility index (Phi) is 6.24. The lowest BCUT2D eigenvalue weighted by Gasteiger charge is -2.29. The van der Waals surface area contributed by atoms with Crippen LogP contribution < -0.4 is 5.32 Å². The van der Waals surface area contributed by atoms with Gasteiger partial charge in [-0.1, -0.05) is 31.5 Å². The number of likely N-dealkylation sites (tertiary alicyclic amines) is 1. The van der Waals surface area contributed by atoms with Crippen molar-refractivity contribution in [2.24, 2.45) is 0 Å². The van der Waals surface area contributed by atoms with Crippen molar-refractivity contribution in [1.29, 1.82) is 0 Å². The van der Waals surface area contributed by atoms with E-state index in [1.165, 1.54) is 0 Å². The molecule has 1 amide bonds. The Labute approximate surface area is 137 Å². The maximum atomic E-state index is 12.4. The van der Waals surface area contributed by atoms with Crippen LogP contribution in [-0.4, -0.2) is 41.7 Å². The summed E-state index contributed by atoms with van der Waals surface area (Å²) in [4.78, 5) is 14.4. The topological polar surface area (TPSA) is 52.6 Å². The lowest BCUT2D eigenvalue weighted by atomic mass is 10.0. The third-order valence-corrected chi connectivity index (χ3v) is 4.62. The van der Waals surface area contributed by atoms with Crippen molar-refractivity contribution in [1.82, 2.24) is 4.90 Å². The predicted molar refractivity (Wildman–Crippen MR) is 90.5 cm³/mol. The van der Waals surface area contributed by atoms with E-state index in [4.69, 9.17) is 11.6 Å². The summed E-state index contributed by atoms with van der Waals surface area (Å²) in [6.07, 6.45) is 2.91. The van der Waals surface area contributed by atoms with E-state index in [1.807, 2.05) is 19.1 Å². The van der Waals surface area contributed by atoms with Gasteiger partial charge in [0.25, 0.3) is 0 Å². The van der Waals surface area contributed by atoms with E-state index >= 15 is 0 Å². The zero-order chi connectivity index (χ0) is 16.1. The molecule has 0 aromatic heterocycles. The van der Waals surface area contributed by atoms with Crippen molar-refractivity contribution in [3.05, 3.63) is 28.3 Å². The number of rotatable bonds is 5. The van der Waals surface area contributed by atoms with Crippen LogP contribution in [0.5, 0.6) is 0 Å². The third-order valence-electron chi connectivity index (χ3n) is 4.27. The van der Waals surface area contributed by atoms with E-state index in [1.54, 1.807) is 0 Å². The van der Waals surface area contributed by atoms with Crippen molar-refractivity contribution in [3.63, 3.8) is 0 Å². The number of halogens is 1. The Morgan fingerprint density at radius 3 is 2.59 bits per heavy atom. The molecule has 1 aromatic carbocycles. The highest BCUT2D eigenvalue weighted by Gasteiger charge is 2.20. The van der Waals surface area contributed by atoms with E-state index in [0.29, 0.717) is 11.6 Å². The van der Waals surface area contributed by atoms with E-state index < -0.39 is 0 Å². The van der Waals surface area contributed by atoms with Gasteiger partial charge in [0.2, 0.25) is 5.91 Å². The lowest BCUT2D eigenvalue weighted by Crippen LogP contribution is -2.40. The summed E-state index contributed by atoms with van der Waals surface area (Å²) in [7, 11) is 0. The highest BCUT2D eigenvalue weighted by atomic mass is 35.5. The zero-order valence-electron chi connectivity index (χ0n) is 13.4. The Bertz CT molecular complexity index is 526. The van der Waals surface area contributed by atoms with Gasteiger partial charge in [0.1, 0.15) is 0 Å². The zero-order valence-corrected chi connectivity index (χ0v) is 14.1. The van der Waals surface area contributed by atoms with E-state index in [-0.39, 0.29) is 12.0 Å². The first-order valence-electron chi connectivity index (χ1n) is 8.05. The Morgan fingerprint density at radius 1 is 1.32 bits per heavy atom. The maximum Gasteiger partial charge on any atom is 0.238 e. The summed E-state index contributed by atoms with van der Waals surface area (Å²) in [6, 6.07) is 3.88. The Hall–Kier alpha value is -1.10. The fraction of sp³-hybridized carbons (Fsp3) is 0.588. The molecule has 0 radical (unpaired) electrons. The normalized spacial score (nSPS) is 16.7. The third kappa shape index (κ3) is 4.22. The molecule has 1 saturated heterocycles. The molecular formula is C17H25ClN2O2. The summed E-state index contributed by atoms with van der Waals surface area (Å²) in [6.45, 7) is 6.02. The number of nitrogens with zero attached hydrogens (tertiary/aromatic N) is 1. The standard InChI is InChI=1S/C17H25ClN2O2/c1-3-12-5-6-15(18)14(4-2)17(12)19-16(22)11-20-9-7-13(21)8-10-20/h5-6,13,21H,3-4,7-11H2,1-2H3,(H,19,22). The second-order valence-corrected chi connectivity index (χ2v) is 6.23. The van der Waals surface area contributed by atoms with Gasteiger partial charge in [-0.3, -0.25) is 9.69 Å². The Balaban J connectivity index is 2.06. The first kappa shape index (κ1) is 17.3. The predicted octanol–water partition coefficient (Wildman–Crippen LogP) is 2.86. The fourth-order valence-corrected chi connectivity index (χ4v) is 3.22. The quantitative estimate of drug-likeness (QED) is 0.875. The number of carbonyl (C=O) groups excluding carboxylic acids is 1. The van der Waals surface area contributed by atoms with Gasteiger partial charge in [0.15, 0.2) is 0 Å². The molecule has 1 aliphatic heterocycles. The van der Waals surface area contributed by atoms with E-state index in [2.05, 4.69) is 17.1 Å². The highest BCUT2D eigenvalue weighted by Crippen LogP contribution is 2.29. The molecule has 4 nitrogen and oxygen atoms in total. The molecule has 1 heterocycles. The number of aliphatic hydroxyl groups excluding tert-OH is 1. The van der Waals surface area contributed by atoms with Gasteiger partial charge < -0.3 is 10.4 Å². The monoisotopic (exact) mass is 324 g/mol. The number of carbonyl (C=O) groups is 1. The highest BCUT2D eigenvalue weighted by molar-refractivity contribution is 6.32. The number of benzene rings is 1. The molecule has 0 unspecified atom stereocenters. The minimum Gasteiger partial charge on any atom is -0.393 e. The van der Waals surface area contributed by atoms with Crippen LogP contribution in [0.2, 0.25) is 5.02 Å². The molecule has 1 aliphatic rings. The minimum absolute atomic E-state index is 0.0111. The number of nitrogens with one attached hydrogen (secondary N) is 1. The van der Waals surface area contributed by atoms with Crippen molar-refractivity contribution in [2.45, 2.75) is 45.6 Å². The molecule has 0 atom stereocenters. The second-order valence-electron chi connectivity index (χ2n) is 5.82. The molecule has 0 spiro atoms. The van der Waals surface area contributed by atoms with Crippen LogP contribution in [-0.2, 0) is 17.6 Å². The minimum atomic E-state index is -0.217. The molecule has 5 heteroatoms. The smallest absolute Gasteiger partial charge is 0.238 e. The van der Waals surface area contributed by atoms with Crippen molar-refractivity contribution in [2.75, 3.05) is 25.0 Å². The van der Waals surface area contributed by atoms with Crippen LogP contribution in [0.25, 0.3) is 0 Å². The van der Waals surface area contributed by atoms with Crippen LogP contribution in [0, 0.1) is 0 Å². The van der Waals surface area contributed by atoms with E-state index in [9.17, 15) is 9.90 Å². The number of piperidine rings is 1. The molecular weight excluding hydrogens is 300 g/mol. The van der Waals surface area contributed by atoms with Gasteiger partial charge in [-0.15, -0.1) is 0 Å². The van der Waals surface area contributed by atoms with Crippen molar-refractivity contribution < 1.29 is 9.90 Å². The summed E-state index contributed by atoms with van der Waals surface area (Å²) >= 11 is 6.26. The number of aliphatic hydroxyl groups is 1. The van der Waals surface area contributed by atoms with Crippen molar-refractivity contribution >= 4 is 23.2 Å². The van der Waals surface area contributed by atoms with Gasteiger partial charge in [-0.25, -0.2) is 0 Å². The van der Waals surface area contributed by atoms with Crippen LogP contribution in [0.4, 0.5) is 5.69 Å². The van der Waals surface area contributed by atoms with Gasteiger partial charge in [0.05, 0.1) is 12.6 Å². The average Bonchev–Trinajstić information content (AvgIpc) is 2.50. The fourth-order valence-electron chi connectivity index (χ4n) is 2.93. The lowest BCUT2D eigenvalue weighted by molar-refractivity contribution is -0.117. The number of hydrogen-bond acceptors (Lipinski definition) is 3. The number of aryl methyl sites for hydroxylation is 1. The summed E-state index contributed by atoms with van der Waals surface area (Å²) in [5, 5.41) is 13.3. The molecule has 0 saturated carbocycles. The second kappa shape index (κ2) is 7.95. The Morgan fingerprint density at radius 2 is 2.00 bits per heavy atom. The summed E-state index contributed by atoms with van der Waals surface area (Å²) in [5.74, 6) is -0.0111. The average molecular weight is 325 g/mol. The van der Waals surface area contributed by atoms with Gasteiger partial charge in [-0.05, 0) is 42.9 Å². The number of amides is 1. The van der Waals surface area contributed by atoms with E-state index in [0.717, 1.165) is 55.6 Å². The molecule has 1 aromatic rings. The number of anilines is 1. The summed E-state index contributed by atoms with van der Waals surface area (Å²) in [5.41, 5.74) is 2.99. The van der Waals surface area contributed by atoms with Crippen LogP contribution in [0.1, 0.15) is 37.8 Å². The SMILES string of the molecule is CCc1ccc(Cl)c(CC)c1NC(=O)CN1CCC(O)CC1. The molecule has 0 bridgehead atoms. The molecule has 2 N–H and O–H groups in total. The molecule has 22 heavy (non-hydrogen) atoms. The van der Waals surface area contributed by atoms with Gasteiger partial charge in [0, 0.05) is 23.8 Å². The van der Waals surface area contributed by atoms with Crippen LogP contribution in [0.15, 0.2) is 12.1 Å². The first-order valence-corrected chi connectivity index (χ1v) is 8.43. The molecule has 0 aliphatic carbocycles. The molecule has 1 fully saturated rings. The maximum absolute atomic E-state index is 12.4. The van der Waals surface area contributed by atoms with Gasteiger partial charge >= 0.3 is 0 Å². The van der Waals surface area contributed by atoms with Gasteiger partial charge in [-0.2, -0.15) is 0 Å². The van der Waals surface area contributed by atoms with Crippen molar-refractivity contribution in [3.8, 4) is 0 Å². The summed E-state index contributed by atoms with van der Waals surface area (Å²) < 4.78 is 0. The largest absolute Gasteiger partial charge is 0.393 e. The molecule has 2 rings (SSSR count). The number of hydrogen-bond donors (Lipinski definition) is 2.